The summed E-state index contributed by atoms with van der Waals surface area (Å²) in [5, 5.41) is 0. The van der Waals surface area contributed by atoms with E-state index in [4.69, 9.17) is 9.47 Å². The normalized spacial score (nSPS) is 14.0. The summed E-state index contributed by atoms with van der Waals surface area (Å²) < 4.78 is 27.8. The Morgan fingerprint density at radius 2 is 1.50 bits per heavy atom. The molecule has 0 aromatic heterocycles. The van der Waals surface area contributed by atoms with Crippen molar-refractivity contribution in [2.24, 2.45) is 5.41 Å². The zero-order valence-corrected chi connectivity index (χ0v) is 22.2. The number of hydrogen-bond donors (Lipinski definition) is 0. The van der Waals surface area contributed by atoms with Gasteiger partial charge in [0.25, 0.3) is 0 Å². The van der Waals surface area contributed by atoms with Gasteiger partial charge in [0.2, 0.25) is 0 Å². The van der Waals surface area contributed by atoms with E-state index in [1.54, 1.807) is 31.2 Å². The molecule has 0 saturated heterocycles. The molecule has 4 nitrogen and oxygen atoms in total. The number of para-hydroxylation sites is 1. The first-order valence-corrected chi connectivity index (χ1v) is 12.5. The number of rotatable bonds is 7. The Morgan fingerprint density at radius 1 is 0.917 bits per heavy atom. The van der Waals surface area contributed by atoms with E-state index >= 15 is 4.39 Å². The molecule has 0 atom stereocenters. The number of hydrogen-bond acceptors (Lipinski definition) is 4. The van der Waals surface area contributed by atoms with Crippen LogP contribution in [0.3, 0.4) is 0 Å². The van der Waals surface area contributed by atoms with Gasteiger partial charge in [-0.15, -0.1) is 0 Å². The van der Waals surface area contributed by atoms with Crippen LogP contribution in [0.25, 0.3) is 0 Å². The van der Waals surface area contributed by atoms with E-state index in [0.29, 0.717) is 30.2 Å². The minimum atomic E-state index is -0.615. The number of esters is 1. The van der Waals surface area contributed by atoms with Gasteiger partial charge in [0.1, 0.15) is 29.5 Å². The maximum absolute atomic E-state index is 15.8. The molecular weight excluding hydrogens is 453 g/mol. The van der Waals surface area contributed by atoms with E-state index in [1.807, 2.05) is 36.4 Å². The van der Waals surface area contributed by atoms with Crippen molar-refractivity contribution in [1.82, 2.24) is 4.90 Å². The lowest BCUT2D eigenvalue weighted by Crippen LogP contribution is -2.43. The van der Waals surface area contributed by atoms with Crippen molar-refractivity contribution >= 4 is 5.97 Å². The van der Waals surface area contributed by atoms with Crippen LogP contribution >= 0.6 is 0 Å². The summed E-state index contributed by atoms with van der Waals surface area (Å²) >= 11 is 0. The molecule has 0 fully saturated rings. The molecule has 190 valence electrons. The van der Waals surface area contributed by atoms with Crippen LogP contribution in [0.1, 0.15) is 73.7 Å². The third-order valence-electron chi connectivity index (χ3n) is 6.74. The SMILES string of the molecule is Cc1c(F)c2c(c(OCc3ccccc3)c1C(=O)Oc1ccccc1)CN(C(C)(C)CC(C)(C)C)C2. The van der Waals surface area contributed by atoms with E-state index in [9.17, 15) is 4.79 Å². The Bertz CT molecular complexity index is 1230. The van der Waals surface area contributed by atoms with Crippen LogP contribution in [-0.2, 0) is 19.7 Å². The largest absolute Gasteiger partial charge is 0.488 e. The molecule has 0 radical (unpaired) electrons. The second-order valence-electron chi connectivity index (χ2n) is 11.5. The van der Waals surface area contributed by atoms with Crippen LogP contribution in [0.4, 0.5) is 4.39 Å². The highest BCUT2D eigenvalue weighted by Gasteiger charge is 2.40. The van der Waals surface area contributed by atoms with Crippen LogP contribution < -0.4 is 9.47 Å². The third-order valence-corrected chi connectivity index (χ3v) is 6.74. The van der Waals surface area contributed by atoms with Gasteiger partial charge in [-0.2, -0.15) is 0 Å². The van der Waals surface area contributed by atoms with Crippen LogP contribution in [0.2, 0.25) is 0 Å². The Hall–Kier alpha value is -3.18. The topological polar surface area (TPSA) is 38.8 Å². The minimum Gasteiger partial charge on any atom is -0.488 e. The second-order valence-corrected chi connectivity index (χ2v) is 11.5. The van der Waals surface area contributed by atoms with Crippen LogP contribution in [0, 0.1) is 18.2 Å². The van der Waals surface area contributed by atoms with Gasteiger partial charge in [0.15, 0.2) is 0 Å². The summed E-state index contributed by atoms with van der Waals surface area (Å²) in [5.41, 5.74) is 2.67. The molecule has 1 heterocycles. The van der Waals surface area contributed by atoms with Gasteiger partial charge in [-0.1, -0.05) is 69.3 Å². The Labute approximate surface area is 214 Å². The van der Waals surface area contributed by atoms with Gasteiger partial charge >= 0.3 is 5.97 Å². The molecule has 5 heteroatoms. The van der Waals surface area contributed by atoms with Crippen molar-refractivity contribution in [3.63, 3.8) is 0 Å². The fourth-order valence-electron chi connectivity index (χ4n) is 5.32. The summed E-state index contributed by atoms with van der Waals surface area (Å²) in [5.74, 6) is -0.144. The number of ether oxygens (including phenoxy) is 2. The van der Waals surface area contributed by atoms with E-state index < -0.39 is 5.97 Å². The Kier molecular flexibility index (Phi) is 7.24. The Balaban J connectivity index is 1.75. The second kappa shape index (κ2) is 10.1. The fourth-order valence-corrected chi connectivity index (χ4v) is 5.32. The van der Waals surface area contributed by atoms with E-state index in [2.05, 4.69) is 39.5 Å². The number of carbonyl (C=O) groups is 1. The van der Waals surface area contributed by atoms with Gasteiger partial charge in [-0.3, -0.25) is 4.90 Å². The van der Waals surface area contributed by atoms with Crippen molar-refractivity contribution in [2.45, 2.75) is 73.2 Å². The molecule has 3 aromatic carbocycles. The van der Waals surface area contributed by atoms with E-state index in [-0.39, 0.29) is 34.5 Å². The average molecular weight is 490 g/mol. The summed E-state index contributed by atoms with van der Waals surface area (Å²) in [6, 6.07) is 18.6. The molecule has 3 aromatic rings. The summed E-state index contributed by atoms with van der Waals surface area (Å²) in [6.07, 6.45) is 0.942. The molecule has 36 heavy (non-hydrogen) atoms. The smallest absolute Gasteiger partial charge is 0.347 e. The Morgan fingerprint density at radius 3 is 2.11 bits per heavy atom. The number of halogens is 1. The highest BCUT2D eigenvalue weighted by molar-refractivity contribution is 5.96. The molecule has 0 aliphatic carbocycles. The maximum Gasteiger partial charge on any atom is 0.347 e. The van der Waals surface area contributed by atoms with Crippen molar-refractivity contribution < 1.29 is 18.7 Å². The minimum absolute atomic E-state index is 0.115. The zero-order valence-electron chi connectivity index (χ0n) is 22.2. The van der Waals surface area contributed by atoms with Crippen molar-refractivity contribution in [2.75, 3.05) is 0 Å². The molecule has 1 aliphatic heterocycles. The quantitative estimate of drug-likeness (QED) is 0.255. The first kappa shape index (κ1) is 25.9. The predicted molar refractivity (Wildman–Crippen MR) is 141 cm³/mol. The van der Waals surface area contributed by atoms with Crippen molar-refractivity contribution in [3.05, 3.63) is 94.3 Å². The standard InChI is InChI=1S/C31H36FNO3/c1-21-26(29(34)36-23-15-11-8-12-16-23)28(35-19-22-13-9-7-10-14-22)25-18-33(17-24(25)27(21)32)31(5,6)20-30(2,3)4/h7-16H,17-20H2,1-6H3. The van der Waals surface area contributed by atoms with Gasteiger partial charge in [0.05, 0.1) is 0 Å². The maximum atomic E-state index is 15.8. The molecule has 0 amide bonds. The predicted octanol–water partition coefficient (Wildman–Crippen LogP) is 7.46. The van der Waals surface area contributed by atoms with Gasteiger partial charge in [-0.05, 0) is 50.3 Å². The fraction of sp³-hybridized carbons (Fsp3) is 0.387. The van der Waals surface area contributed by atoms with Crippen LogP contribution in [0.5, 0.6) is 11.5 Å². The first-order chi connectivity index (χ1) is 17.0. The number of carbonyl (C=O) groups excluding carboxylic acids is 1. The molecule has 0 unspecified atom stereocenters. The van der Waals surface area contributed by atoms with Gasteiger partial charge < -0.3 is 9.47 Å². The molecular formula is C31H36FNO3. The lowest BCUT2D eigenvalue weighted by Gasteiger charge is -2.40. The molecule has 0 N–H and O–H groups in total. The summed E-state index contributed by atoms with van der Waals surface area (Å²) in [6.45, 7) is 13.9. The highest BCUT2D eigenvalue weighted by Crippen LogP contribution is 2.43. The first-order valence-electron chi connectivity index (χ1n) is 12.5. The van der Waals surface area contributed by atoms with Gasteiger partial charge in [0, 0.05) is 35.3 Å². The summed E-state index contributed by atoms with van der Waals surface area (Å²) in [7, 11) is 0. The third kappa shape index (κ3) is 5.62. The number of fused-ring (bicyclic) bond motifs is 1. The molecule has 0 bridgehead atoms. The van der Waals surface area contributed by atoms with Crippen molar-refractivity contribution in [3.8, 4) is 11.5 Å². The molecule has 4 rings (SSSR count). The monoisotopic (exact) mass is 489 g/mol. The van der Waals surface area contributed by atoms with Crippen molar-refractivity contribution in [1.29, 1.82) is 0 Å². The van der Waals surface area contributed by atoms with Crippen LogP contribution in [0.15, 0.2) is 60.7 Å². The average Bonchev–Trinajstić information content (AvgIpc) is 3.27. The molecule has 0 spiro atoms. The summed E-state index contributed by atoms with van der Waals surface area (Å²) in [4.78, 5) is 15.7. The zero-order chi connectivity index (χ0) is 26.1. The molecule has 0 saturated carbocycles. The van der Waals surface area contributed by atoms with E-state index in [0.717, 1.165) is 17.5 Å². The molecule has 1 aliphatic rings. The van der Waals surface area contributed by atoms with Crippen LogP contribution in [-0.4, -0.2) is 16.4 Å². The number of nitrogens with zero attached hydrogens (tertiary/aromatic N) is 1. The number of benzene rings is 3. The highest BCUT2D eigenvalue weighted by atomic mass is 19.1. The van der Waals surface area contributed by atoms with E-state index in [1.165, 1.54) is 0 Å². The van der Waals surface area contributed by atoms with Gasteiger partial charge in [-0.25, -0.2) is 9.18 Å². The lowest BCUT2D eigenvalue weighted by atomic mass is 9.81. The lowest BCUT2D eigenvalue weighted by molar-refractivity contribution is 0.0725.